The second-order valence-corrected chi connectivity index (χ2v) is 10.3. The lowest BCUT2D eigenvalue weighted by atomic mass is 9.87. The van der Waals surface area contributed by atoms with Crippen LogP contribution >= 0.6 is 0 Å². The third-order valence-corrected chi connectivity index (χ3v) is 6.06. The zero-order valence-electron chi connectivity index (χ0n) is 21.4. The van der Waals surface area contributed by atoms with E-state index in [2.05, 4.69) is 20.8 Å². The van der Waals surface area contributed by atoms with Gasteiger partial charge in [-0.2, -0.15) is 13.2 Å². The molecule has 0 fully saturated rings. The molecule has 0 radical (unpaired) electrons. The predicted octanol–water partition coefficient (Wildman–Crippen LogP) is 8.60. The maximum Gasteiger partial charge on any atom is 0.453 e. The number of benzene rings is 3. The van der Waals surface area contributed by atoms with Crippen molar-refractivity contribution in [1.82, 2.24) is 0 Å². The van der Waals surface area contributed by atoms with E-state index in [1.807, 2.05) is 38.1 Å². The highest BCUT2D eigenvalue weighted by Crippen LogP contribution is 2.40. The molecule has 0 atom stereocenters. The molecule has 0 aliphatic rings. The Kier molecular flexibility index (Phi) is 7.09. The van der Waals surface area contributed by atoms with Crippen LogP contribution in [0.1, 0.15) is 63.0 Å². The van der Waals surface area contributed by atoms with E-state index in [1.165, 1.54) is 29.8 Å². The third kappa shape index (κ3) is 5.82. The Morgan fingerprint density at radius 2 is 1.59 bits per heavy atom. The average Bonchev–Trinajstić information content (AvgIpc) is 2.83. The van der Waals surface area contributed by atoms with Crippen molar-refractivity contribution in [2.24, 2.45) is 0 Å². The minimum Gasteiger partial charge on any atom is -0.489 e. The fraction of sp³-hybridized carbons (Fsp3) is 0.300. The molecule has 3 aromatic carbocycles. The Balaban J connectivity index is 1.68. The molecule has 4 aromatic rings. The summed E-state index contributed by atoms with van der Waals surface area (Å²) in [5.74, 6) is -1.95. The van der Waals surface area contributed by atoms with E-state index in [-0.39, 0.29) is 40.4 Å². The zero-order chi connectivity index (χ0) is 27.0. The van der Waals surface area contributed by atoms with Gasteiger partial charge in [0, 0.05) is 6.07 Å². The number of fused-ring (bicyclic) bond motifs is 1. The number of para-hydroxylation sites is 1. The van der Waals surface area contributed by atoms with Crippen molar-refractivity contribution in [3.63, 3.8) is 0 Å². The van der Waals surface area contributed by atoms with E-state index in [9.17, 15) is 18.0 Å². The van der Waals surface area contributed by atoms with Crippen molar-refractivity contribution in [3.05, 3.63) is 99.4 Å². The van der Waals surface area contributed by atoms with Crippen molar-refractivity contribution < 1.29 is 27.1 Å². The largest absolute Gasteiger partial charge is 0.489 e. The molecule has 0 aliphatic heterocycles. The van der Waals surface area contributed by atoms with E-state index in [1.54, 1.807) is 18.2 Å². The molecular weight excluding hydrogens is 481 g/mol. The van der Waals surface area contributed by atoms with E-state index < -0.39 is 23.1 Å². The van der Waals surface area contributed by atoms with Gasteiger partial charge in [-0.05, 0) is 46.2 Å². The first kappa shape index (κ1) is 26.3. The number of hydrogen-bond acceptors (Lipinski definition) is 4. The highest BCUT2D eigenvalue weighted by molar-refractivity contribution is 5.79. The van der Waals surface area contributed by atoms with Gasteiger partial charge in [-0.15, -0.1) is 0 Å². The molecule has 0 bridgehead atoms. The Bertz CT molecular complexity index is 1460. The minimum absolute atomic E-state index is 0.0187. The summed E-state index contributed by atoms with van der Waals surface area (Å²) < 4.78 is 58.5. The van der Waals surface area contributed by atoms with E-state index in [0.29, 0.717) is 5.56 Å². The van der Waals surface area contributed by atoms with Crippen molar-refractivity contribution in [3.8, 4) is 17.2 Å². The van der Waals surface area contributed by atoms with Gasteiger partial charge in [-0.1, -0.05) is 77.1 Å². The molecule has 1 heterocycles. The van der Waals surface area contributed by atoms with E-state index in [4.69, 9.17) is 13.9 Å². The van der Waals surface area contributed by atoms with Crippen molar-refractivity contribution in [2.75, 3.05) is 0 Å². The van der Waals surface area contributed by atoms with Crippen LogP contribution in [0.2, 0.25) is 0 Å². The van der Waals surface area contributed by atoms with Crippen LogP contribution in [0.3, 0.4) is 0 Å². The number of hydrogen-bond donors (Lipinski definition) is 0. The summed E-state index contributed by atoms with van der Waals surface area (Å²) in [5.41, 5.74) is 1.63. The van der Waals surface area contributed by atoms with Gasteiger partial charge in [-0.3, -0.25) is 4.79 Å². The molecule has 0 unspecified atom stereocenters. The standard InChI is InChI=1S/C30H29F3O4/c1-18(2)22-8-6-7-9-24(22)36-27-26(34)23-15-14-21(16-25(23)37-28(27)30(31,32)33)35-17-19-10-12-20(13-11-19)29(3,4)5/h6-16,18H,17H2,1-5H3. The SMILES string of the molecule is CC(C)c1ccccc1Oc1c(C(F)(F)F)oc2cc(OCc3ccc(C(C)(C)C)cc3)ccc2c1=O. The predicted molar refractivity (Wildman–Crippen MR) is 138 cm³/mol. The van der Waals surface area contributed by atoms with Crippen LogP contribution in [0.4, 0.5) is 13.2 Å². The number of ether oxygens (including phenoxy) is 2. The van der Waals surface area contributed by atoms with Crippen LogP contribution in [0, 0.1) is 0 Å². The molecule has 0 amide bonds. The van der Waals surface area contributed by atoms with Gasteiger partial charge in [-0.25, -0.2) is 0 Å². The molecule has 4 rings (SSSR count). The smallest absolute Gasteiger partial charge is 0.453 e. The fourth-order valence-corrected chi connectivity index (χ4v) is 3.95. The summed E-state index contributed by atoms with van der Waals surface area (Å²) in [6.07, 6.45) is -4.94. The van der Waals surface area contributed by atoms with Crippen molar-refractivity contribution in [1.29, 1.82) is 0 Å². The molecule has 0 saturated heterocycles. The van der Waals surface area contributed by atoms with Gasteiger partial charge >= 0.3 is 6.18 Å². The summed E-state index contributed by atoms with van der Waals surface area (Å²) in [6.45, 7) is 10.3. The maximum absolute atomic E-state index is 14.0. The first-order valence-electron chi connectivity index (χ1n) is 12.0. The molecule has 0 spiro atoms. The van der Waals surface area contributed by atoms with Gasteiger partial charge in [0.2, 0.25) is 11.2 Å². The summed E-state index contributed by atoms with van der Waals surface area (Å²) in [4.78, 5) is 13.2. The molecule has 1 aromatic heterocycles. The second-order valence-electron chi connectivity index (χ2n) is 10.3. The highest BCUT2D eigenvalue weighted by atomic mass is 19.4. The van der Waals surface area contributed by atoms with Gasteiger partial charge in [0.25, 0.3) is 5.76 Å². The van der Waals surface area contributed by atoms with Crippen LogP contribution in [-0.4, -0.2) is 0 Å². The van der Waals surface area contributed by atoms with Crippen LogP contribution < -0.4 is 14.9 Å². The molecule has 194 valence electrons. The number of alkyl halides is 3. The number of halogens is 3. The number of rotatable bonds is 6. The van der Waals surface area contributed by atoms with E-state index in [0.717, 1.165) is 5.56 Å². The Morgan fingerprint density at radius 3 is 2.22 bits per heavy atom. The molecular formula is C30H29F3O4. The van der Waals surface area contributed by atoms with Gasteiger partial charge in [0.1, 0.15) is 23.7 Å². The average molecular weight is 511 g/mol. The Hall–Kier alpha value is -3.74. The van der Waals surface area contributed by atoms with Gasteiger partial charge < -0.3 is 13.9 Å². The maximum atomic E-state index is 14.0. The quantitative estimate of drug-likeness (QED) is 0.261. The third-order valence-electron chi connectivity index (χ3n) is 6.06. The van der Waals surface area contributed by atoms with Crippen LogP contribution in [0.15, 0.2) is 75.9 Å². The summed E-state index contributed by atoms with van der Waals surface area (Å²) in [7, 11) is 0. The molecule has 0 saturated carbocycles. The molecule has 0 aliphatic carbocycles. The Labute approximate surface area is 213 Å². The lowest BCUT2D eigenvalue weighted by Gasteiger charge is -2.19. The Morgan fingerprint density at radius 1 is 0.919 bits per heavy atom. The summed E-state index contributed by atoms with van der Waals surface area (Å²) in [6, 6.07) is 18.8. The zero-order valence-corrected chi connectivity index (χ0v) is 21.4. The van der Waals surface area contributed by atoms with E-state index >= 15 is 0 Å². The van der Waals surface area contributed by atoms with Crippen LogP contribution in [0.5, 0.6) is 17.2 Å². The van der Waals surface area contributed by atoms with Crippen molar-refractivity contribution in [2.45, 2.75) is 58.7 Å². The lowest BCUT2D eigenvalue weighted by Crippen LogP contribution is -2.16. The summed E-state index contributed by atoms with van der Waals surface area (Å²) in [5, 5.41) is -0.0353. The molecule has 7 heteroatoms. The second kappa shape index (κ2) is 9.96. The fourth-order valence-electron chi connectivity index (χ4n) is 3.95. The molecule has 37 heavy (non-hydrogen) atoms. The monoisotopic (exact) mass is 510 g/mol. The molecule has 0 N–H and O–H groups in total. The van der Waals surface area contributed by atoms with Gasteiger partial charge in [0.05, 0.1) is 5.39 Å². The van der Waals surface area contributed by atoms with Crippen molar-refractivity contribution >= 4 is 11.0 Å². The van der Waals surface area contributed by atoms with Gasteiger partial charge in [0.15, 0.2) is 0 Å². The lowest BCUT2D eigenvalue weighted by molar-refractivity contribution is -0.154. The van der Waals surface area contributed by atoms with Crippen LogP contribution in [-0.2, 0) is 18.2 Å². The van der Waals surface area contributed by atoms with Crippen LogP contribution in [0.25, 0.3) is 11.0 Å². The first-order chi connectivity index (χ1) is 17.3. The first-order valence-corrected chi connectivity index (χ1v) is 12.0. The summed E-state index contributed by atoms with van der Waals surface area (Å²) >= 11 is 0. The topological polar surface area (TPSA) is 48.7 Å². The molecule has 4 nitrogen and oxygen atoms in total. The minimum atomic E-state index is -4.94. The highest BCUT2D eigenvalue weighted by Gasteiger charge is 2.40. The normalized spacial score (nSPS) is 12.2.